The number of hydrogen-bond donors (Lipinski definition) is 0. The van der Waals surface area contributed by atoms with E-state index in [9.17, 15) is 17.2 Å². The highest BCUT2D eigenvalue weighted by Crippen LogP contribution is 2.24. The summed E-state index contributed by atoms with van der Waals surface area (Å²) in [6.45, 7) is 0.298. The van der Waals surface area contributed by atoms with Gasteiger partial charge in [0.1, 0.15) is 22.6 Å². The molecule has 0 spiro atoms. The fourth-order valence-electron chi connectivity index (χ4n) is 2.54. The van der Waals surface area contributed by atoms with E-state index in [0.29, 0.717) is 18.9 Å². The molecule has 128 valence electrons. The SMILES string of the molecule is O=S(=O)(c1ccc(F)cc1F)N1CCCC(Oc2ncccn2)C1. The van der Waals surface area contributed by atoms with E-state index in [4.69, 9.17) is 4.74 Å². The molecule has 3 rings (SSSR count). The van der Waals surface area contributed by atoms with Crippen molar-refractivity contribution >= 4 is 10.0 Å². The third-order valence-electron chi connectivity index (χ3n) is 3.67. The minimum atomic E-state index is -4.06. The number of piperidine rings is 1. The molecule has 1 fully saturated rings. The third-order valence-corrected chi connectivity index (χ3v) is 5.57. The summed E-state index contributed by atoms with van der Waals surface area (Å²) >= 11 is 0. The molecule has 1 aliphatic rings. The molecule has 0 N–H and O–H groups in total. The van der Waals surface area contributed by atoms with Crippen LogP contribution in [0.5, 0.6) is 6.01 Å². The Morgan fingerprint density at radius 3 is 2.67 bits per heavy atom. The lowest BCUT2D eigenvalue weighted by molar-refractivity contribution is 0.119. The molecule has 0 saturated carbocycles. The number of aromatic nitrogens is 2. The number of nitrogens with zero attached hydrogens (tertiary/aromatic N) is 3. The van der Waals surface area contributed by atoms with E-state index in [1.807, 2.05) is 0 Å². The molecule has 1 aliphatic heterocycles. The summed E-state index contributed by atoms with van der Waals surface area (Å²) in [4.78, 5) is 7.34. The standard InChI is InChI=1S/C15H15F2N3O3S/c16-11-4-5-14(13(17)9-11)24(21,22)20-8-1-3-12(10-20)23-15-18-6-2-7-19-15/h2,4-7,9,12H,1,3,8,10H2. The number of ether oxygens (including phenoxy) is 1. The maximum absolute atomic E-state index is 13.8. The molecule has 2 aromatic rings. The molecule has 0 radical (unpaired) electrons. The molecule has 24 heavy (non-hydrogen) atoms. The predicted molar refractivity (Wildman–Crippen MR) is 80.8 cm³/mol. The van der Waals surface area contributed by atoms with Crippen molar-refractivity contribution in [1.29, 1.82) is 0 Å². The van der Waals surface area contributed by atoms with Crippen LogP contribution in [-0.4, -0.2) is 41.9 Å². The van der Waals surface area contributed by atoms with Gasteiger partial charge in [0.15, 0.2) is 0 Å². The Kier molecular flexibility index (Phi) is 4.72. The molecular formula is C15H15F2N3O3S. The van der Waals surface area contributed by atoms with Crippen molar-refractivity contribution in [3.8, 4) is 6.01 Å². The van der Waals surface area contributed by atoms with Crippen molar-refractivity contribution in [1.82, 2.24) is 14.3 Å². The quantitative estimate of drug-likeness (QED) is 0.839. The van der Waals surface area contributed by atoms with E-state index in [2.05, 4.69) is 9.97 Å². The second-order valence-corrected chi connectivity index (χ2v) is 7.26. The third kappa shape index (κ3) is 3.51. The molecule has 0 amide bonds. The van der Waals surface area contributed by atoms with E-state index in [1.165, 1.54) is 12.4 Å². The van der Waals surface area contributed by atoms with Crippen LogP contribution in [0, 0.1) is 11.6 Å². The van der Waals surface area contributed by atoms with Crippen molar-refractivity contribution in [2.45, 2.75) is 23.8 Å². The van der Waals surface area contributed by atoms with Crippen LogP contribution in [0.4, 0.5) is 8.78 Å². The first-order chi connectivity index (χ1) is 11.5. The molecule has 1 saturated heterocycles. The summed E-state index contributed by atoms with van der Waals surface area (Å²) in [5.41, 5.74) is 0. The zero-order valence-electron chi connectivity index (χ0n) is 12.6. The number of hydrogen-bond acceptors (Lipinski definition) is 5. The van der Waals surface area contributed by atoms with Gasteiger partial charge >= 0.3 is 6.01 Å². The second-order valence-electron chi connectivity index (χ2n) is 5.35. The Bertz CT molecular complexity index is 818. The number of sulfonamides is 1. The molecular weight excluding hydrogens is 340 g/mol. The number of benzene rings is 1. The Labute approximate surface area is 138 Å². The first-order valence-corrected chi connectivity index (χ1v) is 8.80. The highest BCUT2D eigenvalue weighted by atomic mass is 32.2. The lowest BCUT2D eigenvalue weighted by Gasteiger charge is -2.31. The summed E-state index contributed by atoms with van der Waals surface area (Å²) in [6, 6.07) is 4.22. The van der Waals surface area contributed by atoms with Gasteiger partial charge in [0, 0.05) is 25.0 Å². The number of rotatable bonds is 4. The van der Waals surface area contributed by atoms with E-state index in [0.717, 1.165) is 16.4 Å². The maximum Gasteiger partial charge on any atom is 0.316 e. The summed E-state index contributed by atoms with van der Waals surface area (Å²) < 4.78 is 58.8. The van der Waals surface area contributed by atoms with Crippen LogP contribution < -0.4 is 4.74 Å². The maximum atomic E-state index is 13.8. The van der Waals surface area contributed by atoms with Crippen molar-refractivity contribution in [2.24, 2.45) is 0 Å². The van der Waals surface area contributed by atoms with Crippen LogP contribution >= 0.6 is 0 Å². The average molecular weight is 355 g/mol. The first kappa shape index (κ1) is 16.7. The molecule has 1 atom stereocenters. The molecule has 1 aromatic heterocycles. The Hall–Kier alpha value is -2.13. The van der Waals surface area contributed by atoms with Gasteiger partial charge in [0.2, 0.25) is 10.0 Å². The largest absolute Gasteiger partial charge is 0.459 e. The van der Waals surface area contributed by atoms with Gasteiger partial charge in [-0.25, -0.2) is 27.2 Å². The van der Waals surface area contributed by atoms with Crippen LogP contribution in [0.1, 0.15) is 12.8 Å². The van der Waals surface area contributed by atoms with Crippen molar-refractivity contribution in [2.75, 3.05) is 13.1 Å². The average Bonchev–Trinajstić information content (AvgIpc) is 2.56. The minimum absolute atomic E-state index is 0.0530. The smallest absolute Gasteiger partial charge is 0.316 e. The fraction of sp³-hybridized carbons (Fsp3) is 0.333. The van der Waals surface area contributed by atoms with E-state index < -0.39 is 32.7 Å². The van der Waals surface area contributed by atoms with E-state index in [1.54, 1.807) is 6.07 Å². The highest BCUT2D eigenvalue weighted by Gasteiger charge is 2.33. The summed E-state index contributed by atoms with van der Waals surface area (Å²) in [6.07, 6.45) is 3.80. The molecule has 2 heterocycles. The lowest BCUT2D eigenvalue weighted by atomic mass is 10.1. The normalized spacial score (nSPS) is 19.2. The van der Waals surface area contributed by atoms with Gasteiger partial charge in [0.05, 0.1) is 6.54 Å². The van der Waals surface area contributed by atoms with Crippen LogP contribution in [0.25, 0.3) is 0 Å². The summed E-state index contributed by atoms with van der Waals surface area (Å²) in [5, 5.41) is 0. The first-order valence-electron chi connectivity index (χ1n) is 7.36. The molecule has 6 nitrogen and oxygen atoms in total. The van der Waals surface area contributed by atoms with Gasteiger partial charge < -0.3 is 4.74 Å². The predicted octanol–water partition coefficient (Wildman–Crippen LogP) is 1.99. The van der Waals surface area contributed by atoms with Gasteiger partial charge in [-0.2, -0.15) is 4.31 Å². The zero-order valence-corrected chi connectivity index (χ0v) is 13.4. The van der Waals surface area contributed by atoms with Gasteiger partial charge in [-0.15, -0.1) is 0 Å². The molecule has 0 bridgehead atoms. The van der Waals surface area contributed by atoms with Gasteiger partial charge in [0.25, 0.3) is 0 Å². The second kappa shape index (κ2) is 6.78. The van der Waals surface area contributed by atoms with E-state index in [-0.39, 0.29) is 19.1 Å². The fourth-order valence-corrected chi connectivity index (χ4v) is 4.09. The monoisotopic (exact) mass is 355 g/mol. The Morgan fingerprint density at radius 2 is 1.96 bits per heavy atom. The summed E-state index contributed by atoms with van der Waals surface area (Å²) in [7, 11) is -4.06. The number of halogens is 2. The summed E-state index contributed by atoms with van der Waals surface area (Å²) in [5.74, 6) is -1.93. The topological polar surface area (TPSA) is 72.4 Å². The molecule has 0 aliphatic carbocycles. The minimum Gasteiger partial charge on any atom is -0.459 e. The Morgan fingerprint density at radius 1 is 1.21 bits per heavy atom. The van der Waals surface area contributed by atoms with E-state index >= 15 is 0 Å². The van der Waals surface area contributed by atoms with Crippen LogP contribution in [0.3, 0.4) is 0 Å². The lowest BCUT2D eigenvalue weighted by Crippen LogP contribution is -2.44. The molecule has 9 heteroatoms. The van der Waals surface area contributed by atoms with Crippen LogP contribution in [0.2, 0.25) is 0 Å². The van der Waals surface area contributed by atoms with Gasteiger partial charge in [-0.3, -0.25) is 0 Å². The van der Waals surface area contributed by atoms with Crippen LogP contribution in [0.15, 0.2) is 41.6 Å². The Balaban J connectivity index is 1.78. The molecule has 1 aromatic carbocycles. The highest BCUT2D eigenvalue weighted by molar-refractivity contribution is 7.89. The van der Waals surface area contributed by atoms with Gasteiger partial charge in [-0.1, -0.05) is 0 Å². The van der Waals surface area contributed by atoms with Crippen molar-refractivity contribution in [3.05, 3.63) is 48.3 Å². The van der Waals surface area contributed by atoms with Crippen molar-refractivity contribution in [3.63, 3.8) is 0 Å². The van der Waals surface area contributed by atoms with Gasteiger partial charge in [-0.05, 0) is 31.0 Å². The van der Waals surface area contributed by atoms with Crippen molar-refractivity contribution < 1.29 is 21.9 Å². The zero-order chi connectivity index (χ0) is 17.2. The molecule has 1 unspecified atom stereocenters. The van der Waals surface area contributed by atoms with Crippen LogP contribution in [-0.2, 0) is 10.0 Å².